The highest BCUT2D eigenvalue weighted by Gasteiger charge is 2.24. The lowest BCUT2D eigenvalue weighted by Gasteiger charge is -2.29. The van der Waals surface area contributed by atoms with Gasteiger partial charge in [-0.25, -0.2) is 8.42 Å². The van der Waals surface area contributed by atoms with E-state index in [1.54, 1.807) is 24.3 Å². The number of sulfonamides is 1. The van der Waals surface area contributed by atoms with Crippen LogP contribution in [0, 0.1) is 0 Å². The maximum Gasteiger partial charge on any atom is 0.268 e. The molecule has 0 saturated carbocycles. The van der Waals surface area contributed by atoms with Crippen molar-refractivity contribution in [3.8, 4) is 11.1 Å². The Kier molecular flexibility index (Phi) is 7.27. The summed E-state index contributed by atoms with van der Waals surface area (Å²) in [7, 11) is -1.71. The van der Waals surface area contributed by atoms with Crippen LogP contribution in [-0.2, 0) is 15.4 Å². The lowest BCUT2D eigenvalue weighted by molar-refractivity contribution is 0.0913. The van der Waals surface area contributed by atoms with E-state index in [1.165, 1.54) is 0 Å². The van der Waals surface area contributed by atoms with E-state index in [-0.39, 0.29) is 22.3 Å². The van der Waals surface area contributed by atoms with Crippen molar-refractivity contribution in [1.82, 2.24) is 15.2 Å². The molecule has 39 heavy (non-hydrogen) atoms. The van der Waals surface area contributed by atoms with E-state index in [1.807, 2.05) is 48.5 Å². The van der Waals surface area contributed by atoms with Crippen molar-refractivity contribution in [3.05, 3.63) is 84.1 Å². The number of rotatable bonds is 6. The van der Waals surface area contributed by atoms with E-state index in [0.717, 1.165) is 53.5 Å². The predicted molar refractivity (Wildman–Crippen MR) is 158 cm³/mol. The third kappa shape index (κ3) is 5.87. The molecule has 1 saturated heterocycles. The van der Waals surface area contributed by atoms with Crippen LogP contribution in [0.2, 0.25) is 0 Å². The van der Waals surface area contributed by atoms with E-state index >= 15 is 0 Å². The molecule has 8 heteroatoms. The number of carbonyl (C=O) groups excluding carboxylic acids is 1. The number of piperidine rings is 1. The molecule has 0 bridgehead atoms. The van der Waals surface area contributed by atoms with Gasteiger partial charge in [-0.2, -0.15) is 0 Å². The molecule has 7 nitrogen and oxygen atoms in total. The van der Waals surface area contributed by atoms with Crippen LogP contribution in [0.3, 0.4) is 0 Å². The Labute approximate surface area is 230 Å². The zero-order valence-electron chi connectivity index (χ0n) is 22.9. The number of H-pyrrole nitrogens is 1. The molecule has 1 aliphatic heterocycles. The van der Waals surface area contributed by atoms with Gasteiger partial charge in [0.1, 0.15) is 5.69 Å². The first-order valence-electron chi connectivity index (χ1n) is 13.4. The number of hydrogen-bond donors (Lipinski definition) is 3. The number of aromatic nitrogens is 1. The van der Waals surface area contributed by atoms with Gasteiger partial charge in [-0.3, -0.25) is 9.52 Å². The highest BCUT2D eigenvalue weighted by molar-refractivity contribution is 7.92. The maximum atomic E-state index is 13.5. The molecule has 3 N–H and O–H groups in total. The first-order valence-corrected chi connectivity index (χ1v) is 14.8. The van der Waals surface area contributed by atoms with E-state index in [4.69, 9.17) is 0 Å². The maximum absolute atomic E-state index is 13.5. The van der Waals surface area contributed by atoms with E-state index in [0.29, 0.717) is 11.4 Å². The zero-order chi connectivity index (χ0) is 27.8. The van der Waals surface area contributed by atoms with Crippen LogP contribution >= 0.6 is 0 Å². The van der Waals surface area contributed by atoms with Crippen molar-refractivity contribution in [2.75, 3.05) is 24.9 Å². The Bertz CT molecular complexity index is 1580. The highest BCUT2D eigenvalue weighted by Crippen LogP contribution is 2.35. The lowest BCUT2D eigenvalue weighted by Crippen LogP contribution is -2.43. The second-order valence-electron chi connectivity index (χ2n) is 11.4. The molecule has 0 unspecified atom stereocenters. The van der Waals surface area contributed by atoms with Crippen molar-refractivity contribution in [1.29, 1.82) is 0 Å². The molecule has 1 fully saturated rings. The van der Waals surface area contributed by atoms with Crippen molar-refractivity contribution in [2.45, 2.75) is 50.0 Å². The van der Waals surface area contributed by atoms with Gasteiger partial charge in [-0.15, -0.1) is 0 Å². The van der Waals surface area contributed by atoms with Gasteiger partial charge in [-0.05, 0) is 79.9 Å². The SMILES string of the molecule is CN1CCC(NC(=O)c2[nH]c3ccc(NS(=O)(=O)c4ccc(C(C)(C)C)cc4)cc3c2-c2ccccc2)CC1. The number of fused-ring (bicyclic) bond motifs is 1. The first kappa shape index (κ1) is 27.0. The fourth-order valence-electron chi connectivity index (χ4n) is 5.09. The zero-order valence-corrected chi connectivity index (χ0v) is 23.7. The average molecular weight is 545 g/mol. The average Bonchev–Trinajstić information content (AvgIpc) is 3.29. The van der Waals surface area contributed by atoms with Crippen LogP contribution in [-0.4, -0.2) is 50.4 Å². The van der Waals surface area contributed by atoms with Crippen LogP contribution < -0.4 is 10.0 Å². The fraction of sp³-hybridized carbons (Fsp3) is 0.323. The van der Waals surface area contributed by atoms with Crippen LogP contribution in [0.5, 0.6) is 0 Å². The van der Waals surface area contributed by atoms with Crippen molar-refractivity contribution in [2.24, 2.45) is 0 Å². The van der Waals surface area contributed by atoms with Gasteiger partial charge in [0.15, 0.2) is 0 Å². The number of anilines is 1. The van der Waals surface area contributed by atoms with Crippen molar-refractivity contribution < 1.29 is 13.2 Å². The summed E-state index contributed by atoms with van der Waals surface area (Å²) in [4.78, 5) is 19.3. The summed E-state index contributed by atoms with van der Waals surface area (Å²) in [6, 6.07) is 22.1. The van der Waals surface area contributed by atoms with Crippen LogP contribution in [0.4, 0.5) is 5.69 Å². The lowest BCUT2D eigenvalue weighted by atomic mass is 9.87. The van der Waals surface area contributed by atoms with E-state index < -0.39 is 10.0 Å². The molecular weight excluding hydrogens is 508 g/mol. The summed E-state index contributed by atoms with van der Waals surface area (Å²) in [5.41, 5.74) is 4.31. The van der Waals surface area contributed by atoms with Crippen LogP contribution in [0.25, 0.3) is 22.0 Å². The number of likely N-dealkylation sites (tertiary alicyclic amines) is 1. The normalized spacial score (nSPS) is 15.4. The number of hydrogen-bond acceptors (Lipinski definition) is 4. The standard InChI is InChI=1S/C31H36N4O3S/c1-31(2,3)22-10-13-25(14-11-22)39(37,38)34-24-12-15-27-26(20-24)28(21-8-6-5-7-9-21)29(33-27)30(36)32-23-16-18-35(4)19-17-23/h5-15,20,23,33-34H,16-19H2,1-4H3,(H,32,36). The third-order valence-electron chi connectivity index (χ3n) is 7.42. The summed E-state index contributed by atoms with van der Waals surface area (Å²) in [6.45, 7) is 8.17. The molecule has 0 spiro atoms. The van der Waals surface area contributed by atoms with Crippen LogP contribution in [0.15, 0.2) is 77.7 Å². The number of benzene rings is 3. The second-order valence-corrected chi connectivity index (χ2v) is 13.1. The third-order valence-corrected chi connectivity index (χ3v) is 8.82. The predicted octanol–water partition coefficient (Wildman–Crippen LogP) is 5.76. The molecule has 4 aromatic rings. The highest BCUT2D eigenvalue weighted by atomic mass is 32.2. The first-order chi connectivity index (χ1) is 18.5. The van der Waals surface area contributed by atoms with E-state index in [9.17, 15) is 13.2 Å². The Morgan fingerprint density at radius 2 is 1.62 bits per heavy atom. The Morgan fingerprint density at radius 3 is 2.26 bits per heavy atom. The summed E-state index contributed by atoms with van der Waals surface area (Å²) in [5.74, 6) is -0.152. The van der Waals surface area contributed by atoms with Gasteiger partial charge >= 0.3 is 0 Å². The number of nitrogens with one attached hydrogen (secondary N) is 3. The minimum atomic E-state index is -3.80. The Balaban J connectivity index is 1.48. The molecule has 1 aromatic heterocycles. The molecule has 0 aliphatic carbocycles. The van der Waals surface area contributed by atoms with Gasteiger partial charge in [0.25, 0.3) is 15.9 Å². The molecule has 3 aromatic carbocycles. The summed E-state index contributed by atoms with van der Waals surface area (Å²) < 4.78 is 29.2. The number of nitrogens with zero attached hydrogens (tertiary/aromatic N) is 1. The minimum Gasteiger partial charge on any atom is -0.350 e. The molecule has 0 atom stereocenters. The molecular formula is C31H36N4O3S. The van der Waals surface area contributed by atoms with E-state index in [2.05, 4.69) is 47.7 Å². The quantitative estimate of drug-likeness (QED) is 0.288. The van der Waals surface area contributed by atoms with Gasteiger partial charge in [0.2, 0.25) is 0 Å². The second kappa shape index (κ2) is 10.5. The molecule has 5 rings (SSSR count). The van der Waals surface area contributed by atoms with Crippen molar-refractivity contribution >= 4 is 32.5 Å². The minimum absolute atomic E-state index is 0.0692. The Morgan fingerprint density at radius 1 is 0.949 bits per heavy atom. The molecule has 0 radical (unpaired) electrons. The number of carbonyl (C=O) groups is 1. The van der Waals surface area contributed by atoms with Crippen molar-refractivity contribution in [3.63, 3.8) is 0 Å². The molecule has 2 heterocycles. The molecule has 1 amide bonds. The smallest absolute Gasteiger partial charge is 0.268 e. The van der Waals surface area contributed by atoms with Gasteiger partial charge in [0, 0.05) is 28.2 Å². The monoisotopic (exact) mass is 544 g/mol. The summed E-state index contributed by atoms with van der Waals surface area (Å²) in [5, 5.41) is 3.98. The summed E-state index contributed by atoms with van der Waals surface area (Å²) in [6.07, 6.45) is 1.82. The van der Waals surface area contributed by atoms with Gasteiger partial charge in [0.05, 0.1) is 4.90 Å². The van der Waals surface area contributed by atoms with Crippen LogP contribution in [0.1, 0.15) is 49.7 Å². The largest absolute Gasteiger partial charge is 0.350 e. The summed E-state index contributed by atoms with van der Waals surface area (Å²) >= 11 is 0. The number of amides is 1. The van der Waals surface area contributed by atoms with Gasteiger partial charge in [-0.1, -0.05) is 63.2 Å². The topological polar surface area (TPSA) is 94.3 Å². The fourth-order valence-corrected chi connectivity index (χ4v) is 6.14. The number of aromatic amines is 1. The Hall–Kier alpha value is -3.62. The molecule has 1 aliphatic rings. The van der Waals surface area contributed by atoms with Gasteiger partial charge < -0.3 is 15.2 Å². The molecule has 204 valence electrons.